The van der Waals surface area contributed by atoms with Gasteiger partial charge in [-0.1, -0.05) is 12.1 Å². The molecule has 2 aromatic rings. The van der Waals surface area contributed by atoms with Crippen LogP contribution in [-0.4, -0.2) is 48.4 Å². The van der Waals surface area contributed by atoms with E-state index in [1.807, 2.05) is 36.1 Å². The van der Waals surface area contributed by atoms with Gasteiger partial charge in [0.1, 0.15) is 5.75 Å². The van der Waals surface area contributed by atoms with Crippen LogP contribution in [0.4, 0.5) is 0 Å². The lowest BCUT2D eigenvalue weighted by atomic mass is 9.78. The summed E-state index contributed by atoms with van der Waals surface area (Å²) in [5.74, 6) is 1.22. The van der Waals surface area contributed by atoms with Gasteiger partial charge in [-0.05, 0) is 49.9 Å². The Bertz CT molecular complexity index is 890. The van der Waals surface area contributed by atoms with Gasteiger partial charge in [0.15, 0.2) is 5.76 Å². The molecule has 0 radical (unpaired) electrons. The lowest BCUT2D eigenvalue weighted by Gasteiger charge is -2.39. The summed E-state index contributed by atoms with van der Waals surface area (Å²) < 4.78 is 10.7. The monoisotopic (exact) mass is 382 g/mol. The number of furan rings is 1. The quantitative estimate of drug-likeness (QED) is 0.814. The van der Waals surface area contributed by atoms with Gasteiger partial charge in [0.2, 0.25) is 5.91 Å². The average Bonchev–Trinajstić information content (AvgIpc) is 3.32. The molecule has 2 amide bonds. The molecule has 2 aliphatic heterocycles. The molecule has 0 bridgehead atoms. The van der Waals surface area contributed by atoms with Crippen LogP contribution >= 0.6 is 0 Å². The van der Waals surface area contributed by atoms with E-state index in [2.05, 4.69) is 0 Å². The molecule has 1 aromatic heterocycles. The van der Waals surface area contributed by atoms with Crippen molar-refractivity contribution in [2.45, 2.75) is 32.7 Å². The van der Waals surface area contributed by atoms with E-state index in [0.29, 0.717) is 31.8 Å². The molecule has 0 N–H and O–H groups in total. The van der Waals surface area contributed by atoms with Gasteiger partial charge in [-0.2, -0.15) is 0 Å². The standard InChI is InChI=1S/C22H26N2O4/c1-16-7-12-28-19(16)20(25)24-11-9-22(15-24)8-4-10-23(21(22)26)14-17-5-3-6-18(13-17)27-2/h3,5-7,12-13H,4,8-11,14-15H2,1-2H3/t22-/m0/s1. The number of carbonyl (C=O) groups excluding carboxylic acids is 2. The van der Waals surface area contributed by atoms with E-state index in [-0.39, 0.29) is 11.8 Å². The van der Waals surface area contributed by atoms with Crippen molar-refractivity contribution in [2.24, 2.45) is 5.41 Å². The number of methoxy groups -OCH3 is 1. The highest BCUT2D eigenvalue weighted by atomic mass is 16.5. The van der Waals surface area contributed by atoms with Crippen LogP contribution in [0.15, 0.2) is 41.0 Å². The number of carbonyl (C=O) groups is 2. The molecule has 28 heavy (non-hydrogen) atoms. The van der Waals surface area contributed by atoms with Gasteiger partial charge in [0.25, 0.3) is 5.91 Å². The first-order valence-electron chi connectivity index (χ1n) is 9.78. The number of likely N-dealkylation sites (tertiary alicyclic amines) is 2. The van der Waals surface area contributed by atoms with Crippen molar-refractivity contribution < 1.29 is 18.7 Å². The fourth-order valence-corrected chi connectivity index (χ4v) is 4.45. The SMILES string of the molecule is COc1cccc(CN2CCC[C@@]3(CCN(C(=O)c4occc4C)C3)C2=O)c1. The number of hydrogen-bond donors (Lipinski definition) is 0. The molecule has 3 heterocycles. The summed E-state index contributed by atoms with van der Waals surface area (Å²) in [5, 5.41) is 0. The fourth-order valence-electron chi connectivity index (χ4n) is 4.45. The largest absolute Gasteiger partial charge is 0.497 e. The highest BCUT2D eigenvalue weighted by molar-refractivity contribution is 5.94. The minimum atomic E-state index is -0.465. The molecule has 6 nitrogen and oxygen atoms in total. The predicted octanol–water partition coefficient (Wildman–Crippen LogP) is 3.25. The van der Waals surface area contributed by atoms with Crippen LogP contribution in [0.5, 0.6) is 5.75 Å². The van der Waals surface area contributed by atoms with Crippen molar-refractivity contribution >= 4 is 11.8 Å². The Morgan fingerprint density at radius 3 is 2.86 bits per heavy atom. The highest BCUT2D eigenvalue weighted by Crippen LogP contribution is 2.41. The third-order valence-corrected chi connectivity index (χ3v) is 6.03. The molecule has 0 unspecified atom stereocenters. The molecule has 4 rings (SSSR count). The second kappa shape index (κ2) is 7.34. The van der Waals surface area contributed by atoms with Gasteiger partial charge in [0.05, 0.1) is 18.8 Å². The lowest BCUT2D eigenvalue weighted by molar-refractivity contribution is -0.146. The maximum atomic E-state index is 13.4. The lowest BCUT2D eigenvalue weighted by Crippen LogP contribution is -2.50. The summed E-state index contributed by atoms with van der Waals surface area (Å²) in [6.45, 7) is 4.26. The summed E-state index contributed by atoms with van der Waals surface area (Å²) in [6, 6.07) is 9.63. The zero-order valence-electron chi connectivity index (χ0n) is 16.4. The summed E-state index contributed by atoms with van der Waals surface area (Å²) >= 11 is 0. The van der Waals surface area contributed by atoms with Gasteiger partial charge >= 0.3 is 0 Å². The Morgan fingerprint density at radius 2 is 2.11 bits per heavy atom. The number of ether oxygens (including phenoxy) is 1. The third-order valence-electron chi connectivity index (χ3n) is 6.03. The third kappa shape index (κ3) is 3.28. The first-order valence-corrected chi connectivity index (χ1v) is 9.78. The Labute approximate surface area is 165 Å². The number of piperidine rings is 1. The topological polar surface area (TPSA) is 63.0 Å². The minimum Gasteiger partial charge on any atom is -0.497 e. The van der Waals surface area contributed by atoms with Crippen molar-refractivity contribution in [3.63, 3.8) is 0 Å². The molecule has 0 aliphatic carbocycles. The van der Waals surface area contributed by atoms with Gasteiger partial charge in [-0.15, -0.1) is 0 Å². The number of benzene rings is 1. The van der Waals surface area contributed by atoms with Crippen LogP contribution in [0.25, 0.3) is 0 Å². The molecular formula is C22H26N2O4. The van der Waals surface area contributed by atoms with Crippen molar-refractivity contribution in [1.82, 2.24) is 9.80 Å². The van der Waals surface area contributed by atoms with Crippen molar-refractivity contribution in [1.29, 1.82) is 0 Å². The molecule has 2 saturated heterocycles. The fraction of sp³-hybridized carbons (Fsp3) is 0.455. The van der Waals surface area contributed by atoms with Crippen LogP contribution in [0, 0.1) is 12.3 Å². The molecule has 1 aromatic carbocycles. The first kappa shape index (κ1) is 18.6. The van der Waals surface area contributed by atoms with E-state index in [4.69, 9.17) is 9.15 Å². The summed E-state index contributed by atoms with van der Waals surface area (Å²) in [6.07, 6.45) is 4.04. The van der Waals surface area contributed by atoms with Crippen LogP contribution in [0.1, 0.15) is 40.9 Å². The van der Waals surface area contributed by atoms with Crippen LogP contribution in [0.2, 0.25) is 0 Å². The van der Waals surface area contributed by atoms with E-state index in [1.165, 1.54) is 6.26 Å². The molecule has 6 heteroatoms. The van der Waals surface area contributed by atoms with Gasteiger partial charge in [0, 0.05) is 31.7 Å². The minimum absolute atomic E-state index is 0.114. The number of rotatable bonds is 4. The molecule has 2 aliphatic rings. The number of nitrogens with zero attached hydrogens (tertiary/aromatic N) is 2. The number of hydrogen-bond acceptors (Lipinski definition) is 4. The normalized spacial score (nSPS) is 22.1. The van der Waals surface area contributed by atoms with Gasteiger partial charge in [-0.25, -0.2) is 0 Å². The smallest absolute Gasteiger partial charge is 0.289 e. The molecule has 1 atom stereocenters. The maximum Gasteiger partial charge on any atom is 0.289 e. The summed E-state index contributed by atoms with van der Waals surface area (Å²) in [7, 11) is 1.64. The van der Waals surface area contributed by atoms with Crippen molar-refractivity contribution in [2.75, 3.05) is 26.7 Å². The molecule has 1 spiro atoms. The Kier molecular flexibility index (Phi) is 4.87. The second-order valence-corrected chi connectivity index (χ2v) is 7.87. The van der Waals surface area contributed by atoms with E-state index in [0.717, 1.165) is 36.3 Å². The molecule has 2 fully saturated rings. The van der Waals surface area contributed by atoms with E-state index >= 15 is 0 Å². The molecule has 148 valence electrons. The Morgan fingerprint density at radius 1 is 1.25 bits per heavy atom. The van der Waals surface area contributed by atoms with Crippen LogP contribution in [-0.2, 0) is 11.3 Å². The Hall–Kier alpha value is -2.76. The number of aryl methyl sites for hydroxylation is 1. The van der Waals surface area contributed by atoms with E-state index in [9.17, 15) is 9.59 Å². The van der Waals surface area contributed by atoms with Crippen molar-refractivity contribution in [3.8, 4) is 5.75 Å². The van der Waals surface area contributed by atoms with Crippen LogP contribution < -0.4 is 4.74 Å². The van der Waals surface area contributed by atoms with Crippen molar-refractivity contribution in [3.05, 3.63) is 53.5 Å². The highest BCUT2D eigenvalue weighted by Gasteiger charge is 2.49. The Balaban J connectivity index is 1.48. The van der Waals surface area contributed by atoms with Crippen LogP contribution in [0.3, 0.4) is 0 Å². The zero-order valence-corrected chi connectivity index (χ0v) is 16.4. The average molecular weight is 382 g/mol. The number of amides is 2. The molecule has 0 saturated carbocycles. The predicted molar refractivity (Wildman–Crippen MR) is 104 cm³/mol. The van der Waals surface area contributed by atoms with Gasteiger partial charge < -0.3 is 19.0 Å². The molecular weight excluding hydrogens is 356 g/mol. The summed E-state index contributed by atoms with van der Waals surface area (Å²) in [5.41, 5.74) is 1.43. The summed E-state index contributed by atoms with van der Waals surface area (Å²) in [4.78, 5) is 29.9. The van der Waals surface area contributed by atoms with Gasteiger partial charge in [-0.3, -0.25) is 9.59 Å². The van der Waals surface area contributed by atoms with E-state index < -0.39 is 5.41 Å². The van der Waals surface area contributed by atoms with E-state index in [1.54, 1.807) is 18.1 Å². The maximum absolute atomic E-state index is 13.4. The second-order valence-electron chi connectivity index (χ2n) is 7.87. The zero-order chi connectivity index (χ0) is 19.7. The first-order chi connectivity index (χ1) is 13.5.